The van der Waals surface area contributed by atoms with E-state index < -0.39 is 10.0 Å². The van der Waals surface area contributed by atoms with Gasteiger partial charge in [0, 0.05) is 24.7 Å². The molecule has 1 aliphatic rings. The van der Waals surface area contributed by atoms with Gasteiger partial charge in [0.15, 0.2) is 5.76 Å². The van der Waals surface area contributed by atoms with Crippen molar-refractivity contribution in [1.29, 1.82) is 0 Å². The van der Waals surface area contributed by atoms with Crippen LogP contribution in [0.5, 0.6) is 0 Å². The third kappa shape index (κ3) is 4.08. The Morgan fingerprint density at radius 2 is 2.12 bits per heavy atom. The van der Waals surface area contributed by atoms with E-state index in [1.54, 1.807) is 32.0 Å². The van der Waals surface area contributed by atoms with Crippen LogP contribution in [-0.2, 0) is 16.6 Å². The standard InChI is InChI=1S/C17H22FN3O3S/c1-12-17(13(2)24-19-12)25(22,23)20-15-7-5-9-21(11-15)10-14-6-3-4-8-16(14)18/h3-4,6,8,15,20H,5,7,9-11H2,1-2H3/t15-/m1/s1. The molecule has 0 bridgehead atoms. The smallest absolute Gasteiger partial charge is 0.246 e. The fourth-order valence-corrected chi connectivity index (χ4v) is 4.89. The van der Waals surface area contributed by atoms with Crippen LogP contribution in [0.3, 0.4) is 0 Å². The first-order valence-corrected chi connectivity index (χ1v) is 9.76. The normalized spacial score (nSPS) is 19.2. The van der Waals surface area contributed by atoms with Crippen LogP contribution in [0.25, 0.3) is 0 Å². The quantitative estimate of drug-likeness (QED) is 0.878. The number of nitrogens with one attached hydrogen (secondary N) is 1. The van der Waals surface area contributed by atoms with Crippen LogP contribution >= 0.6 is 0 Å². The SMILES string of the molecule is Cc1noc(C)c1S(=O)(=O)N[C@@H]1CCCN(Cc2ccccc2F)C1. The van der Waals surface area contributed by atoms with Crippen molar-refractivity contribution in [3.8, 4) is 0 Å². The summed E-state index contributed by atoms with van der Waals surface area (Å²) < 4.78 is 46.8. The summed E-state index contributed by atoms with van der Waals surface area (Å²) in [7, 11) is -3.69. The number of aromatic nitrogens is 1. The molecule has 0 spiro atoms. The van der Waals surface area contributed by atoms with E-state index in [-0.39, 0.29) is 22.5 Å². The van der Waals surface area contributed by atoms with Crippen LogP contribution in [0, 0.1) is 19.7 Å². The number of benzene rings is 1. The van der Waals surface area contributed by atoms with E-state index >= 15 is 0 Å². The molecular weight excluding hydrogens is 345 g/mol. The Morgan fingerprint density at radius 3 is 2.80 bits per heavy atom. The molecule has 0 aliphatic carbocycles. The van der Waals surface area contributed by atoms with Gasteiger partial charge in [-0.05, 0) is 39.3 Å². The molecule has 25 heavy (non-hydrogen) atoms. The molecule has 3 rings (SSSR count). The van der Waals surface area contributed by atoms with Gasteiger partial charge in [0.2, 0.25) is 10.0 Å². The van der Waals surface area contributed by atoms with E-state index in [0.717, 1.165) is 19.4 Å². The lowest BCUT2D eigenvalue weighted by Gasteiger charge is -2.33. The summed E-state index contributed by atoms with van der Waals surface area (Å²) >= 11 is 0. The zero-order valence-electron chi connectivity index (χ0n) is 14.3. The third-order valence-electron chi connectivity index (χ3n) is 4.42. The van der Waals surface area contributed by atoms with Crippen molar-refractivity contribution in [2.24, 2.45) is 0 Å². The summed E-state index contributed by atoms with van der Waals surface area (Å²) in [6.07, 6.45) is 1.60. The lowest BCUT2D eigenvalue weighted by atomic mass is 10.1. The molecule has 2 aromatic rings. The minimum absolute atomic E-state index is 0.110. The van der Waals surface area contributed by atoms with Crippen LogP contribution in [0.2, 0.25) is 0 Å². The number of likely N-dealkylation sites (tertiary alicyclic amines) is 1. The van der Waals surface area contributed by atoms with Crippen molar-refractivity contribution in [1.82, 2.24) is 14.8 Å². The molecule has 6 nitrogen and oxygen atoms in total. The maximum Gasteiger partial charge on any atom is 0.246 e. The van der Waals surface area contributed by atoms with E-state index in [2.05, 4.69) is 14.8 Å². The molecule has 0 radical (unpaired) electrons. The van der Waals surface area contributed by atoms with E-state index in [9.17, 15) is 12.8 Å². The van der Waals surface area contributed by atoms with Crippen LogP contribution in [-0.4, -0.2) is 37.6 Å². The van der Waals surface area contributed by atoms with Crippen molar-refractivity contribution >= 4 is 10.0 Å². The van der Waals surface area contributed by atoms with Gasteiger partial charge in [-0.25, -0.2) is 17.5 Å². The van der Waals surface area contributed by atoms with Crippen molar-refractivity contribution in [2.45, 2.75) is 44.2 Å². The van der Waals surface area contributed by atoms with Crippen molar-refractivity contribution in [3.05, 3.63) is 47.1 Å². The van der Waals surface area contributed by atoms with Crippen LogP contribution in [0.15, 0.2) is 33.7 Å². The Bertz CT molecular complexity index is 831. The van der Waals surface area contributed by atoms with Crippen LogP contribution in [0.4, 0.5) is 4.39 Å². The predicted molar refractivity (Wildman–Crippen MR) is 91.0 cm³/mol. The van der Waals surface area contributed by atoms with Gasteiger partial charge >= 0.3 is 0 Å². The fraction of sp³-hybridized carbons (Fsp3) is 0.471. The second kappa shape index (κ2) is 7.23. The molecule has 136 valence electrons. The number of hydrogen-bond acceptors (Lipinski definition) is 5. The van der Waals surface area contributed by atoms with E-state index in [4.69, 9.17) is 4.52 Å². The summed E-state index contributed by atoms with van der Waals surface area (Å²) in [5.74, 6) is 0.0462. The van der Waals surface area contributed by atoms with Crippen molar-refractivity contribution < 1.29 is 17.3 Å². The monoisotopic (exact) mass is 367 g/mol. The van der Waals surface area contributed by atoms with Gasteiger partial charge in [-0.1, -0.05) is 23.4 Å². The molecule has 8 heteroatoms. The van der Waals surface area contributed by atoms with Crippen molar-refractivity contribution in [3.63, 3.8) is 0 Å². The highest BCUT2D eigenvalue weighted by molar-refractivity contribution is 7.89. The molecule has 1 atom stereocenters. The molecule has 0 unspecified atom stereocenters. The maximum absolute atomic E-state index is 13.8. The van der Waals surface area contributed by atoms with Gasteiger partial charge in [-0.3, -0.25) is 4.90 Å². The topological polar surface area (TPSA) is 75.4 Å². The number of nitrogens with zero attached hydrogens (tertiary/aromatic N) is 2. The van der Waals surface area contributed by atoms with Gasteiger partial charge in [-0.15, -0.1) is 0 Å². The molecule has 1 aromatic carbocycles. The second-order valence-corrected chi connectivity index (χ2v) is 8.09. The average Bonchev–Trinajstić information content (AvgIpc) is 2.89. The Hall–Kier alpha value is -1.77. The molecule has 0 saturated carbocycles. The highest BCUT2D eigenvalue weighted by atomic mass is 32.2. The zero-order chi connectivity index (χ0) is 18.0. The van der Waals surface area contributed by atoms with Gasteiger partial charge in [0.25, 0.3) is 0 Å². The minimum Gasteiger partial charge on any atom is -0.360 e. The molecule has 1 N–H and O–H groups in total. The second-order valence-electron chi connectivity index (χ2n) is 6.44. The molecule has 1 aliphatic heterocycles. The lowest BCUT2D eigenvalue weighted by molar-refractivity contribution is 0.192. The first-order valence-electron chi connectivity index (χ1n) is 8.28. The van der Waals surface area contributed by atoms with Crippen LogP contribution in [0.1, 0.15) is 29.9 Å². The summed E-state index contributed by atoms with van der Waals surface area (Å²) in [6.45, 7) is 5.02. The molecule has 1 aromatic heterocycles. The fourth-order valence-electron chi connectivity index (χ4n) is 3.30. The lowest BCUT2D eigenvalue weighted by Crippen LogP contribution is -2.47. The Kier molecular flexibility index (Phi) is 5.21. The first kappa shape index (κ1) is 18.0. The summed E-state index contributed by atoms with van der Waals surface area (Å²) in [5.41, 5.74) is 0.973. The molecule has 1 saturated heterocycles. The van der Waals surface area contributed by atoms with Gasteiger partial charge in [-0.2, -0.15) is 0 Å². The molecule has 2 heterocycles. The highest BCUT2D eigenvalue weighted by Crippen LogP contribution is 2.21. The maximum atomic E-state index is 13.8. The summed E-state index contributed by atoms with van der Waals surface area (Å²) in [4.78, 5) is 2.18. The molecule has 1 fully saturated rings. The first-order chi connectivity index (χ1) is 11.9. The average molecular weight is 367 g/mol. The highest BCUT2D eigenvalue weighted by Gasteiger charge is 2.29. The number of halogens is 1. The third-order valence-corrected chi connectivity index (χ3v) is 6.18. The number of piperidine rings is 1. The zero-order valence-corrected chi connectivity index (χ0v) is 15.1. The summed E-state index contributed by atoms with van der Waals surface area (Å²) in [6, 6.07) is 6.44. The Labute approximate surface area is 147 Å². The number of hydrogen-bond donors (Lipinski definition) is 1. The number of aryl methyl sites for hydroxylation is 2. The van der Waals surface area contributed by atoms with E-state index in [0.29, 0.717) is 24.3 Å². The van der Waals surface area contributed by atoms with Gasteiger partial charge in [0.05, 0.1) is 0 Å². The Balaban J connectivity index is 1.69. The van der Waals surface area contributed by atoms with E-state index in [1.807, 2.05) is 0 Å². The molecular formula is C17H22FN3O3S. The largest absolute Gasteiger partial charge is 0.360 e. The molecule has 0 amide bonds. The van der Waals surface area contributed by atoms with Crippen molar-refractivity contribution in [2.75, 3.05) is 13.1 Å². The number of sulfonamides is 1. The van der Waals surface area contributed by atoms with Crippen LogP contribution < -0.4 is 4.72 Å². The number of rotatable bonds is 5. The predicted octanol–water partition coefficient (Wildman–Crippen LogP) is 2.37. The Morgan fingerprint density at radius 1 is 1.36 bits per heavy atom. The van der Waals surface area contributed by atoms with E-state index in [1.165, 1.54) is 6.07 Å². The van der Waals surface area contributed by atoms with Gasteiger partial charge < -0.3 is 4.52 Å². The summed E-state index contributed by atoms with van der Waals surface area (Å²) in [5, 5.41) is 3.71. The van der Waals surface area contributed by atoms with Gasteiger partial charge in [0.1, 0.15) is 16.4 Å². The minimum atomic E-state index is -3.69.